The molecule has 0 spiro atoms. The Hall–Kier alpha value is -3.15. The Morgan fingerprint density at radius 2 is 1.90 bits per heavy atom. The van der Waals surface area contributed by atoms with E-state index in [1.807, 2.05) is 39.0 Å². The van der Waals surface area contributed by atoms with Gasteiger partial charge in [0, 0.05) is 24.1 Å². The molecular weight excluding hydrogens is 368 g/mol. The number of rotatable bonds is 4. The van der Waals surface area contributed by atoms with Gasteiger partial charge < -0.3 is 10.1 Å². The average molecular weight is 392 g/mol. The van der Waals surface area contributed by atoms with Crippen LogP contribution in [0.5, 0.6) is 5.75 Å². The maximum atomic E-state index is 12.9. The van der Waals surface area contributed by atoms with Crippen LogP contribution in [0.15, 0.2) is 36.4 Å². The lowest BCUT2D eigenvalue weighted by Gasteiger charge is -2.27. The van der Waals surface area contributed by atoms with E-state index in [4.69, 9.17) is 4.74 Å². The quantitative estimate of drug-likeness (QED) is 0.808. The van der Waals surface area contributed by atoms with Gasteiger partial charge in [0.1, 0.15) is 5.75 Å². The molecule has 0 bridgehead atoms. The van der Waals surface area contributed by atoms with Gasteiger partial charge >= 0.3 is 0 Å². The van der Waals surface area contributed by atoms with Crippen molar-refractivity contribution in [1.29, 1.82) is 0 Å². The van der Waals surface area contributed by atoms with Crippen LogP contribution in [0.25, 0.3) is 0 Å². The summed E-state index contributed by atoms with van der Waals surface area (Å²) in [5.74, 6) is 0.0674. The zero-order valence-corrected chi connectivity index (χ0v) is 16.8. The van der Waals surface area contributed by atoms with Gasteiger partial charge in [-0.15, -0.1) is 0 Å². The average Bonchev–Trinajstić information content (AvgIpc) is 2.92. The Morgan fingerprint density at radius 3 is 2.66 bits per heavy atom. The van der Waals surface area contributed by atoms with E-state index in [1.54, 1.807) is 12.1 Å². The maximum Gasteiger partial charge on any atom is 0.261 e. The lowest BCUT2D eigenvalue weighted by atomic mass is 9.98. The number of nitrogens with zero attached hydrogens (tertiary/aromatic N) is 1. The molecule has 0 saturated heterocycles. The van der Waals surface area contributed by atoms with Crippen LogP contribution in [0.3, 0.4) is 0 Å². The summed E-state index contributed by atoms with van der Waals surface area (Å²) in [6, 6.07) is 10.5. The third kappa shape index (κ3) is 3.50. The van der Waals surface area contributed by atoms with Crippen LogP contribution in [0.1, 0.15) is 68.5 Å². The first kappa shape index (κ1) is 19.2. The van der Waals surface area contributed by atoms with Crippen LogP contribution >= 0.6 is 0 Å². The van der Waals surface area contributed by atoms with Crippen molar-refractivity contribution in [3.05, 3.63) is 64.2 Å². The second-order valence-corrected chi connectivity index (χ2v) is 8.08. The number of amides is 3. The highest BCUT2D eigenvalue weighted by Gasteiger charge is 2.36. The molecule has 1 N–H and O–H groups in total. The van der Waals surface area contributed by atoms with Crippen molar-refractivity contribution >= 4 is 17.7 Å². The number of imide groups is 1. The van der Waals surface area contributed by atoms with Gasteiger partial charge in [0.25, 0.3) is 17.7 Å². The van der Waals surface area contributed by atoms with Gasteiger partial charge in [-0.05, 0) is 37.1 Å². The predicted octanol–water partition coefficient (Wildman–Crippen LogP) is 3.50. The van der Waals surface area contributed by atoms with Crippen molar-refractivity contribution in [2.24, 2.45) is 5.92 Å². The van der Waals surface area contributed by atoms with E-state index in [-0.39, 0.29) is 29.7 Å². The zero-order valence-electron chi connectivity index (χ0n) is 16.8. The van der Waals surface area contributed by atoms with Gasteiger partial charge in [0.2, 0.25) is 0 Å². The summed E-state index contributed by atoms with van der Waals surface area (Å²) in [7, 11) is 0. The second-order valence-electron chi connectivity index (χ2n) is 8.08. The normalized spacial score (nSPS) is 17.8. The number of carbonyl (C=O) groups is 3. The van der Waals surface area contributed by atoms with Crippen molar-refractivity contribution in [2.75, 3.05) is 13.2 Å². The highest BCUT2D eigenvalue weighted by molar-refractivity contribution is 6.22. The number of hydrogen-bond donors (Lipinski definition) is 1. The predicted molar refractivity (Wildman–Crippen MR) is 108 cm³/mol. The van der Waals surface area contributed by atoms with Crippen molar-refractivity contribution in [3.8, 4) is 5.75 Å². The Kier molecular flexibility index (Phi) is 4.86. The monoisotopic (exact) mass is 392 g/mol. The fourth-order valence-corrected chi connectivity index (χ4v) is 3.87. The van der Waals surface area contributed by atoms with Gasteiger partial charge in [-0.2, -0.15) is 0 Å². The molecule has 2 aromatic rings. The Morgan fingerprint density at radius 1 is 1.14 bits per heavy atom. The molecule has 2 heterocycles. The first-order chi connectivity index (χ1) is 13.8. The molecule has 0 radical (unpaired) electrons. The minimum Gasteiger partial charge on any atom is -0.493 e. The molecule has 2 aliphatic heterocycles. The third-order valence-electron chi connectivity index (χ3n) is 5.29. The summed E-state index contributed by atoms with van der Waals surface area (Å²) >= 11 is 0. The molecular formula is C23H24N2O4. The molecule has 2 aromatic carbocycles. The summed E-state index contributed by atoms with van der Waals surface area (Å²) < 4.78 is 5.69. The molecule has 1 atom stereocenters. The molecule has 0 fully saturated rings. The van der Waals surface area contributed by atoms with Gasteiger partial charge in [-0.1, -0.05) is 31.5 Å². The number of fused-ring (bicyclic) bond motifs is 2. The lowest BCUT2D eigenvalue weighted by Crippen LogP contribution is -2.33. The van der Waals surface area contributed by atoms with E-state index in [0.717, 1.165) is 16.9 Å². The molecule has 3 amide bonds. The highest BCUT2D eigenvalue weighted by atomic mass is 16.5. The van der Waals surface area contributed by atoms with E-state index >= 15 is 0 Å². The van der Waals surface area contributed by atoms with Crippen molar-refractivity contribution < 1.29 is 19.1 Å². The summed E-state index contributed by atoms with van der Waals surface area (Å²) in [5.41, 5.74) is 3.09. The van der Waals surface area contributed by atoms with Crippen molar-refractivity contribution in [1.82, 2.24) is 10.2 Å². The van der Waals surface area contributed by atoms with Gasteiger partial charge in [-0.25, -0.2) is 0 Å². The molecule has 1 unspecified atom stereocenters. The van der Waals surface area contributed by atoms with Gasteiger partial charge in [0.05, 0.1) is 23.8 Å². The van der Waals surface area contributed by atoms with Crippen LogP contribution < -0.4 is 10.1 Å². The van der Waals surface area contributed by atoms with Gasteiger partial charge in [0.15, 0.2) is 0 Å². The van der Waals surface area contributed by atoms with Crippen LogP contribution in [0, 0.1) is 12.8 Å². The van der Waals surface area contributed by atoms with Gasteiger partial charge in [-0.3, -0.25) is 19.3 Å². The van der Waals surface area contributed by atoms with Crippen LogP contribution in [0.4, 0.5) is 0 Å². The number of benzene rings is 2. The fourth-order valence-electron chi connectivity index (χ4n) is 3.87. The summed E-state index contributed by atoms with van der Waals surface area (Å²) in [6.45, 7) is 6.81. The standard InChI is InChI=1S/C23H24N2O4/c1-13(2)12-25-22(27)16-6-5-15(11-17(16)23(25)28)21(26)24-19-8-9-29-20-7-4-14(3)10-18(19)20/h4-7,10-11,13,19H,8-9,12H2,1-3H3,(H,24,26). The number of ether oxygens (including phenoxy) is 1. The summed E-state index contributed by atoms with van der Waals surface area (Å²) in [6.07, 6.45) is 0.673. The number of carbonyl (C=O) groups excluding carboxylic acids is 3. The van der Waals surface area contributed by atoms with E-state index in [2.05, 4.69) is 5.32 Å². The lowest BCUT2D eigenvalue weighted by molar-refractivity contribution is 0.0636. The fraction of sp³-hybridized carbons (Fsp3) is 0.348. The molecule has 4 rings (SSSR count). The molecule has 29 heavy (non-hydrogen) atoms. The molecule has 2 aliphatic rings. The van der Waals surface area contributed by atoms with Crippen molar-refractivity contribution in [3.63, 3.8) is 0 Å². The first-order valence-corrected chi connectivity index (χ1v) is 9.89. The molecule has 6 heteroatoms. The Labute approximate surface area is 169 Å². The maximum absolute atomic E-state index is 12.9. The highest BCUT2D eigenvalue weighted by Crippen LogP contribution is 2.33. The topological polar surface area (TPSA) is 75.7 Å². The smallest absolute Gasteiger partial charge is 0.261 e. The Bertz CT molecular complexity index is 1010. The van der Waals surface area contributed by atoms with E-state index in [0.29, 0.717) is 36.3 Å². The van der Waals surface area contributed by atoms with E-state index < -0.39 is 0 Å². The summed E-state index contributed by atoms with van der Waals surface area (Å²) in [4.78, 5) is 39.3. The minimum absolute atomic E-state index is 0.158. The zero-order chi connectivity index (χ0) is 20.7. The number of hydrogen-bond acceptors (Lipinski definition) is 4. The van der Waals surface area contributed by atoms with E-state index in [1.165, 1.54) is 11.0 Å². The molecule has 150 valence electrons. The molecule has 0 aliphatic carbocycles. The van der Waals surface area contributed by atoms with Crippen LogP contribution in [0.2, 0.25) is 0 Å². The molecule has 0 saturated carbocycles. The SMILES string of the molecule is Cc1ccc2c(c1)C(NC(=O)c1ccc3c(c1)C(=O)N(CC(C)C)C3=O)CCO2. The second kappa shape index (κ2) is 7.35. The molecule has 0 aromatic heterocycles. The van der Waals surface area contributed by atoms with Crippen molar-refractivity contribution in [2.45, 2.75) is 33.2 Å². The molecule has 6 nitrogen and oxygen atoms in total. The third-order valence-corrected chi connectivity index (χ3v) is 5.29. The minimum atomic E-state index is -0.333. The number of nitrogens with one attached hydrogen (secondary N) is 1. The first-order valence-electron chi connectivity index (χ1n) is 9.89. The number of aryl methyl sites for hydroxylation is 1. The largest absolute Gasteiger partial charge is 0.493 e. The summed E-state index contributed by atoms with van der Waals surface area (Å²) in [5, 5.41) is 3.05. The van der Waals surface area contributed by atoms with Crippen LogP contribution in [-0.4, -0.2) is 35.8 Å². The Balaban J connectivity index is 1.57. The van der Waals surface area contributed by atoms with Crippen LogP contribution in [-0.2, 0) is 0 Å². The van der Waals surface area contributed by atoms with E-state index in [9.17, 15) is 14.4 Å².